The Morgan fingerprint density at radius 2 is 0.909 bits per heavy atom. The van der Waals surface area contributed by atoms with E-state index in [0.717, 1.165) is 25.7 Å². The summed E-state index contributed by atoms with van der Waals surface area (Å²) in [7, 11) is 1.70. The van der Waals surface area contributed by atoms with Crippen molar-refractivity contribution in [2.45, 2.75) is 168 Å². The first-order valence-electron chi connectivity index (χ1n) is 14.4. The van der Waals surface area contributed by atoms with Crippen LogP contribution in [-0.2, 0) is 14.3 Å². The van der Waals surface area contributed by atoms with E-state index < -0.39 is 5.72 Å². The summed E-state index contributed by atoms with van der Waals surface area (Å²) in [5.74, 6) is -0.275. The monoisotopic (exact) mass is 467 g/mol. The van der Waals surface area contributed by atoms with Gasteiger partial charge in [-0.3, -0.25) is 14.9 Å². The number of unbranched alkanes of at least 4 members (excludes halogenated alkanes) is 18. The summed E-state index contributed by atoms with van der Waals surface area (Å²) >= 11 is 0. The van der Waals surface area contributed by atoms with Crippen LogP contribution >= 0.6 is 0 Å². The summed E-state index contributed by atoms with van der Waals surface area (Å²) in [5, 5.41) is 2.94. The van der Waals surface area contributed by atoms with E-state index in [1.807, 2.05) is 0 Å². The van der Waals surface area contributed by atoms with Gasteiger partial charge in [-0.2, -0.15) is 0 Å². The van der Waals surface area contributed by atoms with Crippen LogP contribution in [0.15, 0.2) is 0 Å². The van der Waals surface area contributed by atoms with Gasteiger partial charge in [-0.15, -0.1) is 0 Å². The third-order valence-electron chi connectivity index (χ3n) is 6.82. The van der Waals surface area contributed by atoms with Crippen molar-refractivity contribution in [3.8, 4) is 0 Å². The van der Waals surface area contributed by atoms with E-state index in [9.17, 15) is 9.59 Å². The Kier molecular flexibility index (Phi) is 22.2. The summed E-state index contributed by atoms with van der Waals surface area (Å²) < 4.78 is 5.57. The van der Waals surface area contributed by atoms with Crippen LogP contribution in [0.2, 0.25) is 0 Å². The van der Waals surface area contributed by atoms with Gasteiger partial charge >= 0.3 is 5.97 Å². The van der Waals surface area contributed by atoms with Gasteiger partial charge in [0.15, 0.2) is 5.78 Å². The first kappa shape index (κ1) is 32.1. The molecule has 0 saturated heterocycles. The van der Waals surface area contributed by atoms with E-state index >= 15 is 0 Å². The minimum Gasteiger partial charge on any atom is -0.437 e. The zero-order valence-electron chi connectivity index (χ0n) is 22.8. The number of Topliss-reactive ketones (excluding diaryl/α,β-unsaturated/α-hetero) is 1. The Morgan fingerprint density at radius 1 is 0.576 bits per heavy atom. The number of rotatable bonds is 25. The van der Waals surface area contributed by atoms with E-state index in [0.29, 0.717) is 12.8 Å². The molecule has 0 spiro atoms. The van der Waals surface area contributed by atoms with E-state index in [4.69, 9.17) is 4.74 Å². The van der Waals surface area contributed by atoms with Gasteiger partial charge in [0.2, 0.25) is 5.72 Å². The molecule has 0 aliphatic heterocycles. The van der Waals surface area contributed by atoms with Gasteiger partial charge in [0.1, 0.15) is 0 Å². The highest BCUT2D eigenvalue weighted by Crippen LogP contribution is 2.17. The van der Waals surface area contributed by atoms with Gasteiger partial charge < -0.3 is 4.74 Å². The van der Waals surface area contributed by atoms with Crippen LogP contribution in [0.5, 0.6) is 0 Å². The fraction of sp³-hybridized carbons (Fsp3) is 0.931. The van der Waals surface area contributed by atoms with Crippen molar-refractivity contribution in [2.24, 2.45) is 0 Å². The number of carbonyl (C=O) groups excluding carboxylic acids is 2. The highest BCUT2D eigenvalue weighted by Gasteiger charge is 2.34. The summed E-state index contributed by atoms with van der Waals surface area (Å²) in [5.41, 5.74) is -1.19. The predicted octanol–water partition coefficient (Wildman–Crippen LogP) is 8.66. The van der Waals surface area contributed by atoms with Crippen LogP contribution in [0.3, 0.4) is 0 Å². The number of hydrogen-bond acceptors (Lipinski definition) is 4. The lowest BCUT2D eigenvalue weighted by Crippen LogP contribution is -2.51. The van der Waals surface area contributed by atoms with Crippen molar-refractivity contribution >= 4 is 11.8 Å². The molecular formula is C29H57NO3. The Balaban J connectivity index is 3.80. The predicted molar refractivity (Wildman–Crippen MR) is 141 cm³/mol. The van der Waals surface area contributed by atoms with Crippen molar-refractivity contribution < 1.29 is 14.3 Å². The molecule has 1 N–H and O–H groups in total. The number of hydrogen-bond donors (Lipinski definition) is 1. The lowest BCUT2D eigenvalue weighted by Gasteiger charge is -2.27. The zero-order chi connectivity index (χ0) is 24.6. The molecule has 0 aromatic carbocycles. The van der Waals surface area contributed by atoms with Crippen LogP contribution in [-0.4, -0.2) is 24.5 Å². The maximum atomic E-state index is 12.7. The molecule has 0 rings (SSSR count). The molecule has 1 unspecified atom stereocenters. The van der Waals surface area contributed by atoms with Crippen LogP contribution in [0, 0.1) is 0 Å². The summed E-state index contributed by atoms with van der Waals surface area (Å²) in [6, 6.07) is 0. The molecule has 0 aliphatic carbocycles. The quantitative estimate of drug-likeness (QED) is 0.0829. The van der Waals surface area contributed by atoms with Gasteiger partial charge in [0, 0.05) is 12.8 Å². The molecule has 0 fully saturated rings. The number of ether oxygens (including phenoxy) is 1. The van der Waals surface area contributed by atoms with E-state index in [-0.39, 0.29) is 11.8 Å². The molecule has 33 heavy (non-hydrogen) atoms. The summed E-state index contributed by atoms with van der Waals surface area (Å²) in [6.45, 7) is 6.19. The SMILES string of the molecule is CCCCCCCCCCCCCC(=O)OC(C)(NC)C(=O)CCCCCCCCCCC. The molecule has 0 aromatic rings. The number of likely N-dealkylation sites (N-methyl/N-ethyl adjacent to an activating group) is 1. The Labute approximate surface area is 206 Å². The molecule has 0 amide bonds. The molecule has 0 radical (unpaired) electrons. The van der Waals surface area contributed by atoms with Crippen molar-refractivity contribution in [3.05, 3.63) is 0 Å². The average Bonchev–Trinajstić information content (AvgIpc) is 2.81. The van der Waals surface area contributed by atoms with E-state index in [2.05, 4.69) is 19.2 Å². The third-order valence-corrected chi connectivity index (χ3v) is 6.82. The number of nitrogens with one attached hydrogen (secondary N) is 1. The molecule has 0 heterocycles. The van der Waals surface area contributed by atoms with Gasteiger partial charge in [0.25, 0.3) is 0 Å². The van der Waals surface area contributed by atoms with Gasteiger partial charge in [0.05, 0.1) is 0 Å². The molecule has 0 aromatic heterocycles. The third kappa shape index (κ3) is 19.1. The van der Waals surface area contributed by atoms with Crippen LogP contribution < -0.4 is 5.32 Å². The normalized spacial score (nSPS) is 13.1. The molecule has 0 bridgehead atoms. The smallest absolute Gasteiger partial charge is 0.307 e. The van der Waals surface area contributed by atoms with Crippen LogP contribution in [0.4, 0.5) is 0 Å². The second-order valence-electron chi connectivity index (χ2n) is 10.0. The molecule has 0 aliphatic rings. The Morgan fingerprint density at radius 3 is 1.27 bits per heavy atom. The van der Waals surface area contributed by atoms with Crippen molar-refractivity contribution in [1.82, 2.24) is 5.32 Å². The minimum absolute atomic E-state index is 0.0137. The van der Waals surface area contributed by atoms with Crippen molar-refractivity contribution in [3.63, 3.8) is 0 Å². The van der Waals surface area contributed by atoms with E-state index in [1.165, 1.54) is 103 Å². The second-order valence-corrected chi connectivity index (χ2v) is 10.0. The standard InChI is InChI=1S/C29H57NO3/c1-5-7-9-11-13-15-16-18-20-22-24-26-28(32)33-29(3,30-4)27(31)25-23-21-19-17-14-12-10-8-6-2/h30H,5-26H2,1-4H3. The van der Waals surface area contributed by atoms with Gasteiger partial charge in [-0.05, 0) is 26.8 Å². The summed E-state index contributed by atoms with van der Waals surface area (Å²) in [6.07, 6.45) is 25.7. The second kappa shape index (κ2) is 22.9. The molecule has 0 saturated carbocycles. The minimum atomic E-state index is -1.19. The Bertz CT molecular complexity index is 466. The van der Waals surface area contributed by atoms with Crippen LogP contribution in [0.25, 0.3) is 0 Å². The van der Waals surface area contributed by atoms with Gasteiger partial charge in [-0.1, -0.05) is 129 Å². The number of carbonyl (C=O) groups is 2. The zero-order valence-corrected chi connectivity index (χ0v) is 22.8. The summed E-state index contributed by atoms with van der Waals surface area (Å²) in [4.78, 5) is 24.9. The maximum absolute atomic E-state index is 12.7. The first-order chi connectivity index (χ1) is 16.0. The highest BCUT2D eigenvalue weighted by atomic mass is 16.6. The van der Waals surface area contributed by atoms with E-state index in [1.54, 1.807) is 14.0 Å². The van der Waals surface area contributed by atoms with Crippen molar-refractivity contribution in [1.29, 1.82) is 0 Å². The lowest BCUT2D eigenvalue weighted by molar-refractivity contribution is -0.169. The topological polar surface area (TPSA) is 55.4 Å². The highest BCUT2D eigenvalue weighted by molar-refractivity contribution is 5.88. The first-order valence-corrected chi connectivity index (χ1v) is 14.4. The molecular weight excluding hydrogens is 410 g/mol. The number of ketones is 1. The largest absolute Gasteiger partial charge is 0.437 e. The molecule has 196 valence electrons. The van der Waals surface area contributed by atoms with Crippen LogP contribution in [0.1, 0.15) is 162 Å². The van der Waals surface area contributed by atoms with Crippen molar-refractivity contribution in [2.75, 3.05) is 7.05 Å². The fourth-order valence-electron chi connectivity index (χ4n) is 4.29. The Hall–Kier alpha value is -0.900. The lowest BCUT2D eigenvalue weighted by atomic mass is 10.0. The molecule has 1 atom stereocenters. The average molecular weight is 468 g/mol. The maximum Gasteiger partial charge on any atom is 0.307 e. The molecule has 4 heteroatoms. The molecule has 4 nitrogen and oxygen atoms in total. The van der Waals surface area contributed by atoms with Gasteiger partial charge in [-0.25, -0.2) is 0 Å². The number of esters is 1. The fourth-order valence-corrected chi connectivity index (χ4v) is 4.29.